The van der Waals surface area contributed by atoms with Crippen LogP contribution >= 0.6 is 0 Å². The number of hydrogen-bond donors (Lipinski definition) is 1. The molecule has 0 unspecified atom stereocenters. The quantitative estimate of drug-likeness (QED) is 0.779. The van der Waals surface area contributed by atoms with Crippen molar-refractivity contribution in [2.24, 2.45) is 11.8 Å². The van der Waals surface area contributed by atoms with Crippen LogP contribution < -0.4 is 14.9 Å². The molecule has 6 nitrogen and oxygen atoms in total. The van der Waals surface area contributed by atoms with Crippen LogP contribution in [0.4, 0.5) is 0 Å². The summed E-state index contributed by atoms with van der Waals surface area (Å²) in [5, 5.41) is 9.42. The molecule has 1 atom stereocenters. The third kappa shape index (κ3) is 4.16. The Hall–Kier alpha value is -2.76. The van der Waals surface area contributed by atoms with Crippen LogP contribution in [-0.2, 0) is 6.42 Å². The zero-order valence-corrected chi connectivity index (χ0v) is 17.7. The van der Waals surface area contributed by atoms with Crippen molar-refractivity contribution in [3.05, 3.63) is 45.7 Å². The van der Waals surface area contributed by atoms with E-state index in [1.807, 2.05) is 16.7 Å². The molecule has 2 aromatic rings. The predicted octanol–water partition coefficient (Wildman–Crippen LogP) is 4.40. The lowest BCUT2D eigenvalue weighted by molar-refractivity contribution is 0.0694. The Morgan fingerprint density at radius 1 is 1.28 bits per heavy atom. The summed E-state index contributed by atoms with van der Waals surface area (Å²) in [6.45, 7) is 11.4. The first-order valence-corrected chi connectivity index (χ1v) is 10.1. The maximum atomic E-state index is 12.5. The van der Waals surface area contributed by atoms with Crippen LogP contribution in [0.25, 0.3) is 11.3 Å². The molecular weight excluding hydrogens is 370 g/mol. The van der Waals surface area contributed by atoms with Gasteiger partial charge < -0.3 is 19.1 Å². The third-order valence-electron chi connectivity index (χ3n) is 5.24. The van der Waals surface area contributed by atoms with Gasteiger partial charge in [-0.25, -0.2) is 4.79 Å². The van der Waals surface area contributed by atoms with Crippen molar-refractivity contribution in [3.63, 3.8) is 0 Å². The minimum absolute atomic E-state index is 0.0961. The smallest absolute Gasteiger partial charge is 0.341 e. The molecule has 0 amide bonds. The Bertz CT molecular complexity index is 974. The van der Waals surface area contributed by atoms with E-state index in [1.54, 1.807) is 0 Å². The first-order valence-electron chi connectivity index (χ1n) is 10.1. The van der Waals surface area contributed by atoms with Gasteiger partial charge in [0.2, 0.25) is 0 Å². The number of hydrogen-bond acceptors (Lipinski definition) is 4. The minimum atomic E-state index is -1.22. The number of carboxylic acids is 1. The van der Waals surface area contributed by atoms with Crippen molar-refractivity contribution in [2.45, 2.75) is 47.1 Å². The molecule has 0 spiro atoms. The maximum absolute atomic E-state index is 12.5. The summed E-state index contributed by atoms with van der Waals surface area (Å²) >= 11 is 0. The van der Waals surface area contributed by atoms with Gasteiger partial charge >= 0.3 is 5.97 Å². The van der Waals surface area contributed by atoms with Crippen LogP contribution in [0, 0.1) is 11.8 Å². The van der Waals surface area contributed by atoms with Crippen molar-refractivity contribution >= 4 is 5.97 Å². The fourth-order valence-electron chi connectivity index (χ4n) is 3.56. The fraction of sp³-hybridized carbons (Fsp3) is 0.478. The topological polar surface area (TPSA) is 77.8 Å². The molecule has 0 bridgehead atoms. The second-order valence-corrected chi connectivity index (χ2v) is 8.29. The Morgan fingerprint density at radius 2 is 2.00 bits per heavy atom. The second kappa shape index (κ2) is 8.31. The molecule has 29 heavy (non-hydrogen) atoms. The van der Waals surface area contributed by atoms with Gasteiger partial charge in [-0.05, 0) is 29.9 Å². The van der Waals surface area contributed by atoms with Gasteiger partial charge in [-0.1, -0.05) is 34.6 Å². The molecule has 0 fully saturated rings. The molecule has 6 heteroatoms. The fourth-order valence-corrected chi connectivity index (χ4v) is 3.56. The number of aromatic nitrogens is 1. The number of nitrogens with zero attached hydrogens (tertiary/aromatic N) is 1. The van der Waals surface area contributed by atoms with E-state index in [4.69, 9.17) is 9.47 Å². The highest BCUT2D eigenvalue weighted by Crippen LogP contribution is 2.40. The minimum Gasteiger partial charge on any atom is -0.493 e. The van der Waals surface area contributed by atoms with Gasteiger partial charge in [0.05, 0.1) is 18.3 Å². The average molecular weight is 399 g/mol. The normalized spacial score (nSPS) is 15.5. The van der Waals surface area contributed by atoms with E-state index in [2.05, 4.69) is 34.6 Å². The van der Waals surface area contributed by atoms with E-state index >= 15 is 0 Å². The van der Waals surface area contributed by atoms with E-state index in [0.29, 0.717) is 30.6 Å². The van der Waals surface area contributed by atoms with E-state index < -0.39 is 11.4 Å². The molecule has 1 aliphatic heterocycles. The van der Waals surface area contributed by atoms with E-state index in [9.17, 15) is 14.7 Å². The predicted molar refractivity (Wildman–Crippen MR) is 112 cm³/mol. The van der Waals surface area contributed by atoms with Crippen LogP contribution in [0.3, 0.4) is 0 Å². The summed E-state index contributed by atoms with van der Waals surface area (Å²) < 4.78 is 14.0. The zero-order valence-electron chi connectivity index (χ0n) is 17.7. The van der Waals surface area contributed by atoms with Gasteiger partial charge in [-0.2, -0.15) is 0 Å². The molecule has 1 aromatic carbocycles. The van der Waals surface area contributed by atoms with Gasteiger partial charge in [-0.3, -0.25) is 4.79 Å². The lowest BCUT2D eigenvalue weighted by Crippen LogP contribution is -2.25. The molecular formula is C23H29NO5. The van der Waals surface area contributed by atoms with Gasteiger partial charge in [0.15, 0.2) is 5.43 Å². The van der Waals surface area contributed by atoms with Crippen molar-refractivity contribution < 1.29 is 19.4 Å². The molecule has 1 aromatic heterocycles. The Labute approximate surface area is 171 Å². The van der Waals surface area contributed by atoms with Crippen LogP contribution in [0.2, 0.25) is 0 Å². The lowest BCUT2D eigenvalue weighted by Gasteiger charge is -2.24. The Morgan fingerprint density at radius 3 is 2.59 bits per heavy atom. The standard InChI is InChI=1S/C23H29NO5/c1-6-15-7-16-18-8-20(25)17(23(26)27)10-24(18)19(14(4)5)12-29-22(16)9-21(15)28-11-13(2)3/h7-10,13-14,19H,6,11-12H2,1-5H3,(H,26,27)/t19-/m0/s1. The molecule has 156 valence electrons. The van der Waals surface area contributed by atoms with Crippen LogP contribution in [-0.4, -0.2) is 28.9 Å². The maximum Gasteiger partial charge on any atom is 0.341 e. The highest BCUT2D eigenvalue weighted by Gasteiger charge is 2.28. The first-order chi connectivity index (χ1) is 13.7. The second-order valence-electron chi connectivity index (χ2n) is 8.29. The van der Waals surface area contributed by atoms with Crippen molar-refractivity contribution in [1.82, 2.24) is 4.57 Å². The van der Waals surface area contributed by atoms with Crippen molar-refractivity contribution in [3.8, 4) is 22.8 Å². The molecule has 0 radical (unpaired) electrons. The highest BCUT2D eigenvalue weighted by atomic mass is 16.5. The van der Waals surface area contributed by atoms with Crippen molar-refractivity contribution in [2.75, 3.05) is 13.2 Å². The summed E-state index contributed by atoms with van der Waals surface area (Å²) in [4.78, 5) is 24.0. The van der Waals surface area contributed by atoms with Gasteiger partial charge in [0.1, 0.15) is 23.7 Å². The van der Waals surface area contributed by atoms with E-state index in [1.165, 1.54) is 12.3 Å². The lowest BCUT2D eigenvalue weighted by atomic mass is 10.0. The molecule has 1 aliphatic rings. The number of rotatable bonds is 6. The van der Waals surface area contributed by atoms with Gasteiger partial charge in [0.25, 0.3) is 0 Å². The van der Waals surface area contributed by atoms with Gasteiger partial charge in [-0.15, -0.1) is 0 Å². The monoisotopic (exact) mass is 399 g/mol. The van der Waals surface area contributed by atoms with Crippen LogP contribution in [0.5, 0.6) is 11.5 Å². The summed E-state index contributed by atoms with van der Waals surface area (Å²) in [7, 11) is 0. The number of benzene rings is 1. The number of pyridine rings is 1. The number of carbonyl (C=O) groups is 1. The number of fused-ring (bicyclic) bond motifs is 3. The molecule has 3 rings (SSSR count). The largest absolute Gasteiger partial charge is 0.493 e. The van der Waals surface area contributed by atoms with E-state index in [0.717, 1.165) is 23.3 Å². The average Bonchev–Trinajstić information content (AvgIpc) is 2.80. The molecule has 0 saturated carbocycles. The summed E-state index contributed by atoms with van der Waals surface area (Å²) in [6.07, 6.45) is 2.23. The first kappa shape index (κ1) is 21.0. The SMILES string of the molecule is CCc1cc2c(cc1OCC(C)C)OC[C@@H](C(C)C)n1cc(C(=O)O)c(=O)cc1-2. The number of aromatic carboxylic acids is 1. The number of carboxylic acid groups (broad SMARTS) is 1. The Kier molecular flexibility index (Phi) is 6.01. The number of aryl methyl sites for hydroxylation is 1. The molecule has 0 saturated heterocycles. The van der Waals surface area contributed by atoms with Crippen molar-refractivity contribution in [1.29, 1.82) is 0 Å². The summed E-state index contributed by atoms with van der Waals surface area (Å²) in [6, 6.07) is 5.22. The van der Waals surface area contributed by atoms with Crippen LogP contribution in [0.1, 0.15) is 56.6 Å². The Balaban J connectivity index is 2.22. The highest BCUT2D eigenvalue weighted by molar-refractivity contribution is 5.87. The summed E-state index contributed by atoms with van der Waals surface area (Å²) in [5.74, 6) is 0.817. The van der Waals surface area contributed by atoms with Gasteiger partial charge in [0, 0.05) is 23.9 Å². The van der Waals surface area contributed by atoms with Crippen LogP contribution in [0.15, 0.2) is 29.2 Å². The molecule has 2 heterocycles. The zero-order chi connectivity index (χ0) is 21.3. The molecule has 0 aliphatic carbocycles. The number of ether oxygens (including phenoxy) is 2. The van der Waals surface area contributed by atoms with E-state index in [-0.39, 0.29) is 17.5 Å². The summed E-state index contributed by atoms with van der Waals surface area (Å²) in [5.41, 5.74) is 1.76. The third-order valence-corrected chi connectivity index (χ3v) is 5.24. The molecule has 1 N–H and O–H groups in total.